The summed E-state index contributed by atoms with van der Waals surface area (Å²) in [7, 11) is 0. The number of esters is 2. The van der Waals surface area contributed by atoms with Crippen LogP contribution in [0.2, 0.25) is 0 Å². The molecule has 0 aromatic heterocycles. The van der Waals surface area contributed by atoms with E-state index < -0.39 is 64.6 Å². The van der Waals surface area contributed by atoms with E-state index in [-0.39, 0.29) is 45.1 Å². The molecular formula is C19H27ClF3NO7. The summed E-state index contributed by atoms with van der Waals surface area (Å²) in [4.78, 5) is 35.1. The predicted octanol–water partition coefficient (Wildman–Crippen LogP) is 3.65. The number of halogens is 4. The Kier molecular flexibility index (Phi) is 8.93. The average molecular weight is 474 g/mol. The molecule has 0 aliphatic heterocycles. The lowest BCUT2D eigenvalue weighted by molar-refractivity contribution is -0.534. The summed E-state index contributed by atoms with van der Waals surface area (Å²) in [6, 6.07) is -1.20. The second kappa shape index (κ2) is 10.8. The van der Waals surface area contributed by atoms with Crippen LogP contribution in [0.5, 0.6) is 0 Å². The molecule has 0 radical (unpaired) electrons. The fraction of sp³-hybridized carbons (Fsp3) is 0.895. The zero-order valence-electron chi connectivity index (χ0n) is 17.3. The number of alkyl halides is 4. The number of ether oxygens (including phenoxy) is 3. The third kappa shape index (κ3) is 6.93. The fourth-order valence-corrected chi connectivity index (χ4v) is 4.50. The Morgan fingerprint density at radius 2 is 1.87 bits per heavy atom. The Labute approximate surface area is 182 Å². The first-order valence-electron chi connectivity index (χ1n) is 10.3. The monoisotopic (exact) mass is 473 g/mol. The van der Waals surface area contributed by atoms with Crippen molar-refractivity contribution < 1.29 is 41.9 Å². The van der Waals surface area contributed by atoms with Gasteiger partial charge in [0.25, 0.3) is 0 Å². The van der Waals surface area contributed by atoms with Crippen molar-refractivity contribution >= 4 is 23.5 Å². The van der Waals surface area contributed by atoms with E-state index in [1.54, 1.807) is 6.92 Å². The van der Waals surface area contributed by atoms with Gasteiger partial charge in [-0.3, -0.25) is 14.9 Å². The molecule has 0 spiro atoms. The molecule has 0 heterocycles. The molecule has 7 unspecified atom stereocenters. The maximum atomic E-state index is 12.9. The third-order valence-electron chi connectivity index (χ3n) is 5.79. The van der Waals surface area contributed by atoms with Crippen LogP contribution in [0.4, 0.5) is 13.2 Å². The number of hydrogen-bond acceptors (Lipinski definition) is 7. The second-order valence-corrected chi connectivity index (χ2v) is 8.53. The van der Waals surface area contributed by atoms with Crippen molar-refractivity contribution in [3.8, 4) is 0 Å². The van der Waals surface area contributed by atoms with E-state index in [2.05, 4.69) is 0 Å². The van der Waals surface area contributed by atoms with Gasteiger partial charge in [0.05, 0.1) is 30.1 Å². The average Bonchev–Trinajstić information content (AvgIpc) is 2.68. The van der Waals surface area contributed by atoms with Gasteiger partial charge < -0.3 is 14.2 Å². The lowest BCUT2D eigenvalue weighted by Gasteiger charge is -2.38. The molecule has 2 aliphatic rings. The van der Waals surface area contributed by atoms with Gasteiger partial charge >= 0.3 is 18.1 Å². The van der Waals surface area contributed by atoms with E-state index in [4.69, 9.17) is 25.8 Å². The molecule has 12 heteroatoms. The van der Waals surface area contributed by atoms with Gasteiger partial charge in [0.1, 0.15) is 5.92 Å². The largest absolute Gasteiger partial charge is 0.463 e. The van der Waals surface area contributed by atoms with Gasteiger partial charge in [-0.25, -0.2) is 4.79 Å². The standard InChI is InChI=1S/C19H27ClF3NO7/c1-3-29-17(25)10(2)30-18(26)13-9-12(5-6-15(13)24(27)28)31-16-7-4-11(8-14(16)20)19(21,22)23/h10-16H,3-9H2,1-2H3. The van der Waals surface area contributed by atoms with Crippen LogP contribution in [0.3, 0.4) is 0 Å². The summed E-state index contributed by atoms with van der Waals surface area (Å²) < 4.78 is 54.5. The van der Waals surface area contributed by atoms with E-state index in [0.717, 1.165) is 0 Å². The Morgan fingerprint density at radius 1 is 1.19 bits per heavy atom. The molecule has 0 bridgehead atoms. The highest BCUT2D eigenvalue weighted by Gasteiger charge is 2.48. The Hall–Kier alpha value is -1.62. The second-order valence-electron chi connectivity index (χ2n) is 7.97. The van der Waals surface area contributed by atoms with Gasteiger partial charge in [-0.15, -0.1) is 11.6 Å². The van der Waals surface area contributed by atoms with Crippen LogP contribution < -0.4 is 0 Å². The highest BCUT2D eigenvalue weighted by atomic mass is 35.5. The molecule has 2 rings (SSSR count). The van der Waals surface area contributed by atoms with E-state index in [1.807, 2.05) is 0 Å². The third-order valence-corrected chi connectivity index (χ3v) is 6.25. The molecule has 0 aromatic carbocycles. The van der Waals surface area contributed by atoms with Crippen molar-refractivity contribution in [3.05, 3.63) is 10.1 Å². The predicted molar refractivity (Wildman–Crippen MR) is 102 cm³/mol. The Bertz CT molecular complexity index is 663. The SMILES string of the molecule is CCOC(=O)C(C)OC(=O)C1CC(OC2CCC(C(F)(F)F)CC2Cl)CCC1[N+](=O)[O-]. The number of carbonyl (C=O) groups is 2. The Morgan fingerprint density at radius 3 is 2.42 bits per heavy atom. The summed E-state index contributed by atoms with van der Waals surface area (Å²) >= 11 is 6.14. The van der Waals surface area contributed by atoms with Crippen molar-refractivity contribution in [1.29, 1.82) is 0 Å². The van der Waals surface area contributed by atoms with E-state index in [9.17, 15) is 32.9 Å². The van der Waals surface area contributed by atoms with Gasteiger partial charge in [0.2, 0.25) is 6.04 Å². The number of rotatable bonds is 7. The minimum absolute atomic E-state index is 0.0378. The molecular weight excluding hydrogens is 447 g/mol. The topological polar surface area (TPSA) is 105 Å². The minimum Gasteiger partial charge on any atom is -0.463 e. The maximum Gasteiger partial charge on any atom is 0.391 e. The van der Waals surface area contributed by atoms with E-state index in [0.29, 0.717) is 0 Å². The molecule has 178 valence electrons. The first-order chi connectivity index (χ1) is 14.4. The highest BCUT2D eigenvalue weighted by Crippen LogP contribution is 2.41. The van der Waals surface area contributed by atoms with Crippen LogP contribution in [-0.2, 0) is 23.8 Å². The van der Waals surface area contributed by atoms with Crippen LogP contribution in [0, 0.1) is 22.0 Å². The molecule has 7 atom stereocenters. The number of carbonyl (C=O) groups excluding carboxylic acids is 2. The molecule has 2 saturated carbocycles. The molecule has 0 amide bonds. The van der Waals surface area contributed by atoms with Crippen LogP contribution in [-0.4, -0.2) is 59.4 Å². The molecule has 2 aliphatic carbocycles. The summed E-state index contributed by atoms with van der Waals surface area (Å²) in [6.45, 7) is 2.99. The smallest absolute Gasteiger partial charge is 0.391 e. The van der Waals surface area contributed by atoms with Crippen molar-refractivity contribution in [1.82, 2.24) is 0 Å². The summed E-state index contributed by atoms with van der Waals surface area (Å²) in [5.41, 5.74) is 0. The molecule has 2 fully saturated rings. The number of hydrogen-bond donors (Lipinski definition) is 0. The van der Waals surface area contributed by atoms with Crippen LogP contribution >= 0.6 is 11.6 Å². The molecule has 31 heavy (non-hydrogen) atoms. The molecule has 8 nitrogen and oxygen atoms in total. The zero-order chi connectivity index (χ0) is 23.3. The lowest BCUT2D eigenvalue weighted by atomic mass is 9.82. The highest BCUT2D eigenvalue weighted by molar-refractivity contribution is 6.21. The van der Waals surface area contributed by atoms with E-state index >= 15 is 0 Å². The van der Waals surface area contributed by atoms with Crippen molar-refractivity contribution in [3.63, 3.8) is 0 Å². The normalized spacial score (nSPS) is 32.7. The van der Waals surface area contributed by atoms with Gasteiger partial charge in [-0.05, 0) is 46.0 Å². The quantitative estimate of drug-likeness (QED) is 0.240. The van der Waals surface area contributed by atoms with Crippen molar-refractivity contribution in [2.75, 3.05) is 6.61 Å². The molecule has 0 N–H and O–H groups in total. The van der Waals surface area contributed by atoms with Crippen LogP contribution in [0.1, 0.15) is 52.4 Å². The summed E-state index contributed by atoms with van der Waals surface area (Å²) in [5, 5.41) is 10.6. The first-order valence-corrected chi connectivity index (χ1v) is 10.7. The number of nitro groups is 1. The van der Waals surface area contributed by atoms with Gasteiger partial charge in [0.15, 0.2) is 6.10 Å². The van der Waals surface area contributed by atoms with Crippen LogP contribution in [0.15, 0.2) is 0 Å². The van der Waals surface area contributed by atoms with Gasteiger partial charge in [-0.1, -0.05) is 0 Å². The number of nitrogens with zero attached hydrogens (tertiary/aromatic N) is 1. The minimum atomic E-state index is -4.31. The fourth-order valence-electron chi connectivity index (χ4n) is 4.10. The first kappa shape index (κ1) is 25.6. The van der Waals surface area contributed by atoms with Gasteiger partial charge in [0, 0.05) is 11.3 Å². The molecule has 0 saturated heterocycles. The van der Waals surface area contributed by atoms with Crippen molar-refractivity contribution in [2.24, 2.45) is 11.8 Å². The maximum absolute atomic E-state index is 12.9. The van der Waals surface area contributed by atoms with E-state index in [1.165, 1.54) is 6.92 Å². The molecule has 0 aromatic rings. The summed E-state index contributed by atoms with van der Waals surface area (Å²) in [6.07, 6.45) is -6.73. The lowest BCUT2D eigenvalue weighted by Crippen LogP contribution is -2.46. The summed E-state index contributed by atoms with van der Waals surface area (Å²) in [5.74, 6) is -4.29. The zero-order valence-corrected chi connectivity index (χ0v) is 18.1. The Balaban J connectivity index is 1.99. The van der Waals surface area contributed by atoms with Crippen molar-refractivity contribution in [2.45, 2.75) is 88.3 Å². The van der Waals surface area contributed by atoms with Crippen LogP contribution in [0.25, 0.3) is 0 Å². The van der Waals surface area contributed by atoms with Gasteiger partial charge in [-0.2, -0.15) is 13.2 Å².